The molecule has 0 fully saturated rings. The Morgan fingerprint density at radius 3 is 2.55 bits per heavy atom. The molecular formula is C14H16N6OV. The molecule has 1 heterocycles. The molecule has 0 atom stereocenters. The van der Waals surface area contributed by atoms with Crippen LogP contribution < -0.4 is 10.7 Å². The fourth-order valence-electron chi connectivity index (χ4n) is 1.43. The van der Waals surface area contributed by atoms with Crippen molar-refractivity contribution < 1.29 is 23.4 Å². The van der Waals surface area contributed by atoms with Crippen molar-refractivity contribution in [2.45, 2.75) is 6.92 Å². The van der Waals surface area contributed by atoms with Crippen molar-refractivity contribution in [1.29, 1.82) is 0 Å². The van der Waals surface area contributed by atoms with Gasteiger partial charge in [0.25, 0.3) is 5.91 Å². The van der Waals surface area contributed by atoms with Crippen molar-refractivity contribution in [1.82, 2.24) is 20.3 Å². The number of aryl methyl sites for hydroxylation is 1. The summed E-state index contributed by atoms with van der Waals surface area (Å²) in [7, 11) is 1.59. The van der Waals surface area contributed by atoms with Gasteiger partial charge in [-0.3, -0.25) is 10.2 Å². The van der Waals surface area contributed by atoms with Crippen LogP contribution in [-0.4, -0.2) is 34.1 Å². The van der Waals surface area contributed by atoms with E-state index in [9.17, 15) is 4.79 Å². The Hall–Kier alpha value is -2.25. The number of hydrogen-bond donors (Lipinski definition) is 2. The molecule has 0 unspecified atom stereocenters. The van der Waals surface area contributed by atoms with E-state index in [-0.39, 0.29) is 31.9 Å². The van der Waals surface area contributed by atoms with Crippen LogP contribution in [0.2, 0.25) is 0 Å². The van der Waals surface area contributed by atoms with Crippen molar-refractivity contribution in [3.8, 4) is 0 Å². The molecule has 2 rings (SSSR count). The number of anilines is 1. The number of nitrogens with one attached hydrogen (secondary N) is 2. The third-order valence-corrected chi connectivity index (χ3v) is 2.41. The minimum absolute atomic E-state index is 0. The Balaban J connectivity index is 0.00000220. The van der Waals surface area contributed by atoms with E-state index in [4.69, 9.17) is 0 Å². The smallest absolute Gasteiger partial charge is 0.358 e. The van der Waals surface area contributed by atoms with Crippen molar-refractivity contribution in [2.24, 2.45) is 5.10 Å². The van der Waals surface area contributed by atoms with Gasteiger partial charge in [-0.05, 0) is 17.7 Å². The third-order valence-electron chi connectivity index (χ3n) is 2.41. The molecule has 22 heavy (non-hydrogen) atoms. The molecule has 1 aromatic carbocycles. The first-order chi connectivity index (χ1) is 9.69. The van der Waals surface area contributed by atoms with Gasteiger partial charge in [0, 0.05) is 24.8 Å². The maximum absolute atomic E-state index is 11.4. The molecule has 0 saturated carbocycles. The predicted octanol–water partition coefficient (Wildman–Crippen LogP) is 1.23. The number of rotatable bonds is 4. The zero-order valence-corrected chi connectivity index (χ0v) is 13.9. The van der Waals surface area contributed by atoms with Crippen molar-refractivity contribution in [3.63, 3.8) is 0 Å². The minimum atomic E-state index is -0.122. The number of aromatic nitrogens is 3. The Kier molecular flexibility index (Phi) is 8.66. The van der Waals surface area contributed by atoms with Gasteiger partial charge in [0.15, 0.2) is 0 Å². The Morgan fingerprint density at radius 1 is 1.27 bits per heavy atom. The Bertz CT molecular complexity index is 629. The van der Waals surface area contributed by atoms with Crippen LogP contribution in [0.5, 0.6) is 0 Å². The maximum Gasteiger partial charge on any atom is 2.00 e. The Morgan fingerprint density at radius 2 is 1.95 bits per heavy atom. The van der Waals surface area contributed by atoms with Crippen LogP contribution in [0.3, 0.4) is 0 Å². The van der Waals surface area contributed by atoms with Crippen LogP contribution in [0.1, 0.15) is 21.7 Å². The number of nitrogens with zero attached hydrogens (tertiary/aromatic N) is 4. The molecule has 8 heteroatoms. The van der Waals surface area contributed by atoms with E-state index in [0.29, 0.717) is 17.3 Å². The van der Waals surface area contributed by atoms with E-state index in [1.54, 1.807) is 44.5 Å². The largest absolute Gasteiger partial charge is 2.00 e. The summed E-state index contributed by atoms with van der Waals surface area (Å²) >= 11 is 0. The molecule has 1 aromatic heterocycles. The molecule has 0 aliphatic rings. The van der Waals surface area contributed by atoms with Crippen LogP contribution in [0, 0.1) is 20.7 Å². The van der Waals surface area contributed by atoms with Gasteiger partial charge in [0.2, 0.25) is 0 Å². The number of carbonyl (C=O) groups is 1. The topological polar surface area (TPSA) is 92.2 Å². The summed E-state index contributed by atoms with van der Waals surface area (Å²) in [5, 5.41) is 6.56. The second-order valence-corrected chi connectivity index (χ2v) is 3.88. The molecular weight excluding hydrogens is 319 g/mol. The van der Waals surface area contributed by atoms with Crippen LogP contribution >= 0.6 is 0 Å². The molecule has 0 aliphatic heterocycles. The summed E-state index contributed by atoms with van der Waals surface area (Å²) in [6, 6.07) is 7.03. The molecule has 0 spiro atoms. The molecule has 1 amide bonds. The second-order valence-electron chi connectivity index (χ2n) is 3.88. The molecule has 0 aliphatic carbocycles. The second kappa shape index (κ2) is 9.65. The van der Waals surface area contributed by atoms with E-state index in [1.165, 1.54) is 0 Å². The number of benzene rings is 1. The minimum Gasteiger partial charge on any atom is -0.358 e. The Labute approximate surface area is 141 Å². The molecule has 0 saturated heterocycles. The van der Waals surface area contributed by atoms with Gasteiger partial charge >= 0.3 is 18.6 Å². The summed E-state index contributed by atoms with van der Waals surface area (Å²) in [4.78, 5) is 23.0. The molecule has 2 N–H and O–H groups in total. The standard InChI is InChI=1S/C13H13N6O.CH3.V/c1-9-15-8-16-13(18-9)19-17-7-10-3-5-11(6-4-10)12(20)14-2;;/h3-7H,1-2H3,(H,14,20)(H,15,16,18,19);1H3;/q2*-1;+2/b17-7+;;. The van der Waals surface area contributed by atoms with Crippen molar-refractivity contribution in [3.05, 3.63) is 55.0 Å². The van der Waals surface area contributed by atoms with Gasteiger partial charge in [-0.25, -0.2) is 0 Å². The van der Waals surface area contributed by atoms with Gasteiger partial charge < -0.3 is 27.7 Å². The van der Waals surface area contributed by atoms with Gasteiger partial charge in [0.05, 0.1) is 6.21 Å². The van der Waals surface area contributed by atoms with E-state index in [0.717, 1.165) is 5.56 Å². The predicted molar refractivity (Wildman–Crippen MR) is 80.9 cm³/mol. The zero-order chi connectivity index (χ0) is 14.4. The van der Waals surface area contributed by atoms with E-state index < -0.39 is 0 Å². The average molecular weight is 335 g/mol. The third kappa shape index (κ3) is 5.63. The summed E-state index contributed by atoms with van der Waals surface area (Å²) < 4.78 is 0. The summed E-state index contributed by atoms with van der Waals surface area (Å²) in [6.45, 7) is 1.74. The van der Waals surface area contributed by atoms with E-state index in [2.05, 4.69) is 37.1 Å². The van der Waals surface area contributed by atoms with Crippen LogP contribution in [0.25, 0.3) is 0 Å². The van der Waals surface area contributed by atoms with Crippen LogP contribution in [-0.2, 0) is 18.6 Å². The fraction of sp³-hybridized carbons (Fsp3) is 0.143. The van der Waals surface area contributed by atoms with Gasteiger partial charge in [-0.1, -0.05) is 19.1 Å². The number of amides is 1. The molecule has 113 valence electrons. The quantitative estimate of drug-likeness (QED) is 0.498. The normalized spacial score (nSPS) is 9.55. The summed E-state index contributed by atoms with van der Waals surface area (Å²) in [5.41, 5.74) is 4.12. The molecule has 0 bridgehead atoms. The first-order valence-corrected chi connectivity index (χ1v) is 5.89. The molecule has 1 radical (unpaired) electrons. The number of hydrazone groups is 1. The molecule has 2 aromatic rings. The average Bonchev–Trinajstić information content (AvgIpc) is 2.47. The van der Waals surface area contributed by atoms with Crippen molar-refractivity contribution in [2.75, 3.05) is 12.5 Å². The number of hydrogen-bond acceptors (Lipinski definition) is 6. The van der Waals surface area contributed by atoms with Crippen molar-refractivity contribution >= 4 is 18.1 Å². The fourth-order valence-corrected chi connectivity index (χ4v) is 1.43. The maximum atomic E-state index is 11.4. The monoisotopic (exact) mass is 335 g/mol. The van der Waals surface area contributed by atoms with Crippen LogP contribution in [0.4, 0.5) is 5.95 Å². The first-order valence-electron chi connectivity index (χ1n) is 5.89. The molecule has 7 nitrogen and oxygen atoms in total. The van der Waals surface area contributed by atoms with Gasteiger partial charge in [-0.2, -0.15) is 5.10 Å². The summed E-state index contributed by atoms with van der Waals surface area (Å²) in [6.07, 6.45) is 4.06. The van der Waals surface area contributed by atoms with Crippen LogP contribution in [0.15, 0.2) is 29.4 Å². The number of carbonyl (C=O) groups excluding carboxylic acids is 1. The van der Waals surface area contributed by atoms with E-state index in [1.807, 2.05) is 0 Å². The SMILES string of the molecule is CNC(=O)c1ccc(/C=N/Nc2n[c-]nc(C)n2)cc1.[CH3-].[V+2]. The van der Waals surface area contributed by atoms with Gasteiger partial charge in [-0.15, -0.1) is 0 Å². The van der Waals surface area contributed by atoms with Gasteiger partial charge in [0.1, 0.15) is 5.95 Å². The first kappa shape index (κ1) is 19.8. The summed E-state index contributed by atoms with van der Waals surface area (Å²) in [5.74, 6) is 0.770. The van der Waals surface area contributed by atoms with E-state index >= 15 is 0 Å². The zero-order valence-electron chi connectivity index (χ0n) is 12.5.